The van der Waals surface area contributed by atoms with Crippen LogP contribution in [0.5, 0.6) is 5.75 Å². The number of hydrogen-bond acceptors (Lipinski definition) is 4. The van der Waals surface area contributed by atoms with E-state index in [4.69, 9.17) is 17.0 Å². The number of benzene rings is 2. The van der Waals surface area contributed by atoms with Crippen molar-refractivity contribution in [2.24, 2.45) is 5.10 Å². The molecule has 0 bridgehead atoms. The molecule has 0 saturated heterocycles. The van der Waals surface area contributed by atoms with Gasteiger partial charge in [-0.25, -0.2) is 9.49 Å². The van der Waals surface area contributed by atoms with Gasteiger partial charge < -0.3 is 4.74 Å². The minimum atomic E-state index is -0.379. The van der Waals surface area contributed by atoms with Crippen LogP contribution in [0, 0.1) is 10.6 Å². The van der Waals surface area contributed by atoms with E-state index in [0.29, 0.717) is 21.9 Å². The van der Waals surface area contributed by atoms with Crippen molar-refractivity contribution in [3.63, 3.8) is 0 Å². The fourth-order valence-electron chi connectivity index (χ4n) is 2.14. The summed E-state index contributed by atoms with van der Waals surface area (Å²) in [5, 5.41) is 11.2. The number of halogens is 2. The molecule has 122 valence electrons. The lowest BCUT2D eigenvalue weighted by Crippen LogP contribution is -1.98. The lowest BCUT2D eigenvalue weighted by Gasteiger charge is -2.06. The molecule has 3 rings (SSSR count). The van der Waals surface area contributed by atoms with Crippen molar-refractivity contribution in [2.45, 2.75) is 0 Å². The maximum atomic E-state index is 13.9. The van der Waals surface area contributed by atoms with E-state index in [9.17, 15) is 4.39 Å². The van der Waals surface area contributed by atoms with Crippen molar-refractivity contribution in [3.8, 4) is 17.1 Å². The van der Waals surface area contributed by atoms with Gasteiger partial charge in [-0.3, -0.25) is 0 Å². The predicted octanol–water partition coefficient (Wildman–Crippen LogP) is 4.40. The predicted molar refractivity (Wildman–Crippen MR) is 96.5 cm³/mol. The molecule has 0 fully saturated rings. The van der Waals surface area contributed by atoms with Crippen LogP contribution in [0.1, 0.15) is 5.56 Å². The third-order valence-electron chi connectivity index (χ3n) is 3.27. The molecular weight excluding hydrogens is 395 g/mol. The van der Waals surface area contributed by atoms with Gasteiger partial charge in [-0.15, -0.1) is 0 Å². The van der Waals surface area contributed by atoms with Crippen molar-refractivity contribution in [3.05, 3.63) is 63.1 Å². The Balaban J connectivity index is 2.07. The van der Waals surface area contributed by atoms with Gasteiger partial charge in [-0.2, -0.15) is 14.9 Å². The lowest BCUT2D eigenvalue weighted by atomic mass is 10.2. The van der Waals surface area contributed by atoms with E-state index < -0.39 is 0 Å². The van der Waals surface area contributed by atoms with Crippen LogP contribution in [-0.2, 0) is 0 Å². The zero-order valence-electron chi connectivity index (χ0n) is 12.5. The van der Waals surface area contributed by atoms with Gasteiger partial charge in [-0.1, -0.05) is 28.1 Å². The average molecular weight is 407 g/mol. The topological polar surface area (TPSA) is 55.2 Å². The first kappa shape index (κ1) is 16.5. The standard InChI is InChI=1S/C16H12BrFN4OS/c1-23-14-5-3-2-4-12(14)15-20-21-16(24)22(15)19-9-10-8-11(17)6-7-13(10)18/h2-9H,1H3,(H,21,24)/b19-9+. The summed E-state index contributed by atoms with van der Waals surface area (Å²) in [5.74, 6) is 0.733. The molecule has 0 radical (unpaired) electrons. The van der Waals surface area contributed by atoms with Crippen LogP contribution in [0.15, 0.2) is 52.0 Å². The molecule has 0 aliphatic carbocycles. The van der Waals surface area contributed by atoms with Gasteiger partial charge in [0, 0.05) is 10.0 Å². The zero-order valence-corrected chi connectivity index (χ0v) is 14.9. The first-order valence-electron chi connectivity index (χ1n) is 6.90. The summed E-state index contributed by atoms with van der Waals surface area (Å²) in [4.78, 5) is 0. The molecule has 0 saturated carbocycles. The van der Waals surface area contributed by atoms with Gasteiger partial charge in [0.05, 0.1) is 18.9 Å². The van der Waals surface area contributed by atoms with Crippen LogP contribution in [0.4, 0.5) is 4.39 Å². The van der Waals surface area contributed by atoms with Crippen molar-refractivity contribution in [2.75, 3.05) is 7.11 Å². The summed E-state index contributed by atoms with van der Waals surface area (Å²) in [7, 11) is 1.57. The second-order valence-electron chi connectivity index (χ2n) is 4.77. The largest absolute Gasteiger partial charge is 0.496 e. The number of nitrogens with one attached hydrogen (secondary N) is 1. The number of nitrogens with zero attached hydrogens (tertiary/aromatic N) is 3. The second-order valence-corrected chi connectivity index (χ2v) is 6.08. The van der Waals surface area contributed by atoms with Gasteiger partial charge in [0.1, 0.15) is 11.6 Å². The molecule has 24 heavy (non-hydrogen) atoms. The number of aromatic amines is 1. The number of aromatic nitrogens is 3. The van der Waals surface area contributed by atoms with E-state index in [0.717, 1.165) is 10.0 Å². The van der Waals surface area contributed by atoms with Gasteiger partial charge in [0.15, 0.2) is 5.82 Å². The lowest BCUT2D eigenvalue weighted by molar-refractivity contribution is 0.416. The Morgan fingerprint density at radius 3 is 2.92 bits per heavy atom. The number of ether oxygens (including phenoxy) is 1. The summed E-state index contributed by atoms with van der Waals surface area (Å²) >= 11 is 8.52. The van der Waals surface area contributed by atoms with Crippen molar-refractivity contribution in [1.29, 1.82) is 0 Å². The molecule has 2 aromatic carbocycles. The van der Waals surface area contributed by atoms with Gasteiger partial charge in [0.25, 0.3) is 0 Å². The smallest absolute Gasteiger partial charge is 0.216 e. The van der Waals surface area contributed by atoms with Gasteiger partial charge in [-0.05, 0) is 42.5 Å². The highest BCUT2D eigenvalue weighted by molar-refractivity contribution is 9.10. The number of H-pyrrole nitrogens is 1. The SMILES string of the molecule is COc1ccccc1-c1n[nH]c(=S)n1/N=C/c1cc(Br)ccc1F. The van der Waals surface area contributed by atoms with Crippen LogP contribution in [0.3, 0.4) is 0 Å². The van der Waals surface area contributed by atoms with E-state index in [1.807, 2.05) is 24.3 Å². The third kappa shape index (κ3) is 3.29. The van der Waals surface area contributed by atoms with Gasteiger partial charge in [0.2, 0.25) is 4.77 Å². The highest BCUT2D eigenvalue weighted by atomic mass is 79.9. The van der Waals surface area contributed by atoms with E-state index >= 15 is 0 Å². The number of hydrogen-bond donors (Lipinski definition) is 1. The number of methoxy groups -OCH3 is 1. The maximum Gasteiger partial charge on any atom is 0.216 e. The maximum absolute atomic E-state index is 13.9. The molecule has 0 aliphatic rings. The summed E-state index contributed by atoms with van der Waals surface area (Å²) < 4.78 is 21.7. The van der Waals surface area contributed by atoms with E-state index in [1.165, 1.54) is 17.0 Å². The highest BCUT2D eigenvalue weighted by Gasteiger charge is 2.13. The Bertz CT molecular complexity index is 967. The number of rotatable bonds is 4. The average Bonchev–Trinajstić information content (AvgIpc) is 2.96. The van der Waals surface area contributed by atoms with Crippen LogP contribution >= 0.6 is 28.1 Å². The molecule has 0 amide bonds. The molecule has 0 atom stereocenters. The van der Waals surface area contributed by atoms with E-state index in [-0.39, 0.29) is 5.82 Å². The molecule has 3 aromatic rings. The fraction of sp³-hybridized carbons (Fsp3) is 0.0625. The fourth-order valence-corrected chi connectivity index (χ4v) is 2.69. The Kier molecular flexibility index (Phi) is 4.86. The molecule has 0 unspecified atom stereocenters. The van der Waals surface area contributed by atoms with E-state index in [1.54, 1.807) is 19.2 Å². The molecule has 1 N–H and O–H groups in total. The Morgan fingerprint density at radius 2 is 2.12 bits per heavy atom. The van der Waals surface area contributed by atoms with Crippen LogP contribution in [-0.4, -0.2) is 28.2 Å². The summed E-state index contributed by atoms with van der Waals surface area (Å²) in [5.41, 5.74) is 1.05. The molecular formula is C16H12BrFN4OS. The van der Waals surface area contributed by atoms with Gasteiger partial charge >= 0.3 is 0 Å². The third-order valence-corrected chi connectivity index (χ3v) is 4.03. The van der Waals surface area contributed by atoms with E-state index in [2.05, 4.69) is 31.2 Å². The van der Waals surface area contributed by atoms with Crippen molar-refractivity contribution >= 4 is 34.4 Å². The minimum Gasteiger partial charge on any atom is -0.496 e. The van der Waals surface area contributed by atoms with Crippen LogP contribution in [0.2, 0.25) is 0 Å². The first-order chi connectivity index (χ1) is 11.6. The summed E-state index contributed by atoms with van der Waals surface area (Å²) in [6.07, 6.45) is 1.39. The normalized spacial score (nSPS) is 11.1. The minimum absolute atomic E-state index is 0.294. The Labute approximate surface area is 150 Å². The second kappa shape index (κ2) is 7.06. The molecule has 8 heteroatoms. The molecule has 5 nitrogen and oxygen atoms in total. The monoisotopic (exact) mass is 406 g/mol. The van der Waals surface area contributed by atoms with Crippen LogP contribution < -0.4 is 4.74 Å². The Morgan fingerprint density at radius 1 is 1.33 bits per heavy atom. The zero-order chi connectivity index (χ0) is 17.1. The number of para-hydroxylation sites is 1. The first-order valence-corrected chi connectivity index (χ1v) is 8.10. The summed E-state index contributed by atoms with van der Waals surface area (Å²) in [6, 6.07) is 12.0. The van der Waals surface area contributed by atoms with Crippen molar-refractivity contribution in [1.82, 2.24) is 14.9 Å². The summed E-state index contributed by atoms with van der Waals surface area (Å²) in [6.45, 7) is 0. The molecule has 0 spiro atoms. The van der Waals surface area contributed by atoms with Crippen LogP contribution in [0.25, 0.3) is 11.4 Å². The highest BCUT2D eigenvalue weighted by Crippen LogP contribution is 2.28. The quantitative estimate of drug-likeness (QED) is 0.515. The molecule has 1 aromatic heterocycles. The Hall–Kier alpha value is -2.32. The van der Waals surface area contributed by atoms with Crippen molar-refractivity contribution < 1.29 is 9.13 Å². The molecule has 0 aliphatic heterocycles. The molecule has 1 heterocycles.